The molecule has 3 heterocycles. The summed E-state index contributed by atoms with van der Waals surface area (Å²) in [5.74, 6) is -1.06. The molecule has 9 heteroatoms. The second-order valence-electron chi connectivity index (χ2n) is 4.64. The SMILES string of the molecule is OC[C@H]1CCCN1c1nc(C(F)(F)F)nc2nc[nH]c12. The van der Waals surface area contributed by atoms with Gasteiger partial charge in [0, 0.05) is 6.54 Å². The van der Waals surface area contributed by atoms with Gasteiger partial charge < -0.3 is 15.0 Å². The number of alkyl halides is 3. The van der Waals surface area contributed by atoms with Crippen LogP contribution < -0.4 is 4.90 Å². The summed E-state index contributed by atoms with van der Waals surface area (Å²) in [4.78, 5) is 15.3. The lowest BCUT2D eigenvalue weighted by atomic mass is 10.2. The minimum Gasteiger partial charge on any atom is -0.394 e. The van der Waals surface area contributed by atoms with Crippen molar-refractivity contribution in [2.75, 3.05) is 18.1 Å². The Hall–Kier alpha value is -1.90. The number of anilines is 1. The minimum atomic E-state index is -4.63. The van der Waals surface area contributed by atoms with E-state index < -0.39 is 12.0 Å². The number of aromatic amines is 1. The first-order valence-corrected chi connectivity index (χ1v) is 6.16. The maximum atomic E-state index is 12.8. The molecule has 6 nitrogen and oxygen atoms in total. The molecule has 0 spiro atoms. The first kappa shape index (κ1) is 13.1. The van der Waals surface area contributed by atoms with Crippen LogP contribution in [0, 0.1) is 0 Å². The number of nitrogens with one attached hydrogen (secondary N) is 1. The molecule has 1 saturated heterocycles. The predicted octanol–water partition coefficient (Wildman–Crippen LogP) is 1.33. The van der Waals surface area contributed by atoms with Gasteiger partial charge in [0.1, 0.15) is 5.52 Å². The van der Waals surface area contributed by atoms with Crippen LogP contribution in [0.4, 0.5) is 19.0 Å². The number of hydrogen-bond donors (Lipinski definition) is 2. The minimum absolute atomic E-state index is 0.0223. The topological polar surface area (TPSA) is 77.9 Å². The van der Waals surface area contributed by atoms with Crippen LogP contribution in [0.2, 0.25) is 0 Å². The third kappa shape index (κ3) is 2.07. The molecule has 0 radical (unpaired) electrons. The van der Waals surface area contributed by atoms with Gasteiger partial charge in [-0.25, -0.2) is 15.0 Å². The molecule has 0 saturated carbocycles. The number of imidazole rings is 1. The maximum absolute atomic E-state index is 12.8. The van der Waals surface area contributed by atoms with Gasteiger partial charge in [-0.15, -0.1) is 0 Å². The third-order valence-corrected chi connectivity index (χ3v) is 3.38. The number of rotatable bonds is 2. The molecule has 2 N–H and O–H groups in total. The molecule has 2 aromatic rings. The third-order valence-electron chi connectivity index (χ3n) is 3.38. The van der Waals surface area contributed by atoms with Gasteiger partial charge >= 0.3 is 6.18 Å². The molecular weight excluding hydrogens is 275 g/mol. The van der Waals surface area contributed by atoms with E-state index >= 15 is 0 Å². The van der Waals surface area contributed by atoms with E-state index in [0.717, 1.165) is 12.8 Å². The molecule has 1 atom stereocenters. The number of hydrogen-bond acceptors (Lipinski definition) is 5. The van der Waals surface area contributed by atoms with Crippen molar-refractivity contribution in [1.29, 1.82) is 0 Å². The molecule has 0 amide bonds. The van der Waals surface area contributed by atoms with Gasteiger partial charge in [0.25, 0.3) is 0 Å². The molecule has 108 valence electrons. The van der Waals surface area contributed by atoms with Crippen molar-refractivity contribution in [3.05, 3.63) is 12.2 Å². The summed E-state index contributed by atoms with van der Waals surface area (Å²) in [5, 5.41) is 9.32. The number of aliphatic hydroxyl groups excluding tert-OH is 1. The van der Waals surface area contributed by atoms with E-state index in [1.165, 1.54) is 6.33 Å². The molecule has 2 aromatic heterocycles. The Morgan fingerprint density at radius 3 is 2.90 bits per heavy atom. The Bertz CT molecular complexity index is 626. The van der Waals surface area contributed by atoms with Gasteiger partial charge in [-0.3, -0.25) is 0 Å². The Labute approximate surface area is 111 Å². The summed E-state index contributed by atoms with van der Waals surface area (Å²) in [5.41, 5.74) is 0.337. The Morgan fingerprint density at radius 2 is 2.20 bits per heavy atom. The van der Waals surface area contributed by atoms with Gasteiger partial charge in [-0.2, -0.15) is 13.2 Å². The first-order chi connectivity index (χ1) is 9.50. The van der Waals surface area contributed by atoms with Crippen LogP contribution in [-0.2, 0) is 6.18 Å². The molecule has 0 bridgehead atoms. The van der Waals surface area contributed by atoms with Crippen molar-refractivity contribution in [2.45, 2.75) is 25.1 Å². The van der Waals surface area contributed by atoms with E-state index in [-0.39, 0.29) is 24.1 Å². The van der Waals surface area contributed by atoms with Gasteiger partial charge in [0.05, 0.1) is 19.0 Å². The lowest BCUT2D eigenvalue weighted by molar-refractivity contribution is -0.144. The molecule has 0 unspecified atom stereocenters. The lowest BCUT2D eigenvalue weighted by Gasteiger charge is -2.24. The second-order valence-corrected chi connectivity index (χ2v) is 4.64. The quantitative estimate of drug-likeness (QED) is 0.871. The van der Waals surface area contributed by atoms with E-state index in [9.17, 15) is 18.3 Å². The normalized spacial score (nSPS) is 20.0. The number of aromatic nitrogens is 4. The predicted molar refractivity (Wildman–Crippen MR) is 64.1 cm³/mol. The summed E-state index contributed by atoms with van der Waals surface area (Å²) in [6.45, 7) is 0.425. The monoisotopic (exact) mass is 287 g/mol. The van der Waals surface area contributed by atoms with E-state index in [0.29, 0.717) is 12.1 Å². The highest BCUT2D eigenvalue weighted by molar-refractivity contribution is 5.83. The number of halogens is 3. The fourth-order valence-electron chi connectivity index (χ4n) is 2.46. The summed E-state index contributed by atoms with van der Waals surface area (Å²) in [6, 6.07) is -0.225. The van der Waals surface area contributed by atoms with Crippen molar-refractivity contribution in [2.24, 2.45) is 0 Å². The number of aliphatic hydroxyl groups is 1. The molecule has 3 rings (SSSR count). The Morgan fingerprint density at radius 1 is 1.40 bits per heavy atom. The van der Waals surface area contributed by atoms with E-state index in [1.807, 2.05) is 0 Å². The zero-order valence-corrected chi connectivity index (χ0v) is 10.4. The van der Waals surface area contributed by atoms with Gasteiger partial charge in [-0.1, -0.05) is 0 Å². The van der Waals surface area contributed by atoms with Gasteiger partial charge in [-0.05, 0) is 12.8 Å². The molecule has 1 aliphatic rings. The summed E-state index contributed by atoms with van der Waals surface area (Å²) >= 11 is 0. The largest absolute Gasteiger partial charge is 0.451 e. The van der Waals surface area contributed by atoms with Crippen LogP contribution in [0.15, 0.2) is 6.33 Å². The van der Waals surface area contributed by atoms with E-state index in [1.54, 1.807) is 4.90 Å². The van der Waals surface area contributed by atoms with Crippen molar-refractivity contribution in [1.82, 2.24) is 19.9 Å². The standard InChI is InChI=1S/C11H12F3N5O/c12-11(13,14)10-17-8-7(15-5-16-8)9(18-10)19-3-1-2-6(19)4-20/h5-6,20H,1-4H2,(H,15,16,17,18)/t6-/m1/s1. The lowest BCUT2D eigenvalue weighted by Crippen LogP contribution is -2.33. The van der Waals surface area contributed by atoms with Crippen molar-refractivity contribution in [3.63, 3.8) is 0 Å². The molecule has 0 aliphatic carbocycles. The average Bonchev–Trinajstić information content (AvgIpc) is 3.04. The summed E-state index contributed by atoms with van der Waals surface area (Å²) in [7, 11) is 0. The van der Waals surface area contributed by atoms with Crippen LogP contribution in [0.25, 0.3) is 11.2 Å². The highest BCUT2D eigenvalue weighted by Crippen LogP contribution is 2.33. The number of H-pyrrole nitrogens is 1. The van der Waals surface area contributed by atoms with Gasteiger partial charge in [0.2, 0.25) is 5.82 Å². The van der Waals surface area contributed by atoms with Crippen LogP contribution in [0.5, 0.6) is 0 Å². The molecular formula is C11H12F3N5O. The van der Waals surface area contributed by atoms with Gasteiger partial charge in [0.15, 0.2) is 11.5 Å². The summed E-state index contributed by atoms with van der Waals surface area (Å²) in [6.07, 6.45) is -1.83. The second kappa shape index (κ2) is 4.58. The van der Waals surface area contributed by atoms with E-state index in [4.69, 9.17) is 0 Å². The van der Waals surface area contributed by atoms with Crippen LogP contribution in [0.1, 0.15) is 18.7 Å². The zero-order valence-electron chi connectivity index (χ0n) is 10.4. The smallest absolute Gasteiger partial charge is 0.394 e. The zero-order chi connectivity index (χ0) is 14.3. The van der Waals surface area contributed by atoms with Crippen LogP contribution >= 0.6 is 0 Å². The molecule has 1 fully saturated rings. The van der Waals surface area contributed by atoms with E-state index in [2.05, 4.69) is 19.9 Å². The van der Waals surface area contributed by atoms with Crippen molar-refractivity contribution >= 4 is 17.0 Å². The van der Waals surface area contributed by atoms with Crippen molar-refractivity contribution in [3.8, 4) is 0 Å². The number of fused-ring (bicyclic) bond motifs is 1. The van der Waals surface area contributed by atoms with Crippen LogP contribution in [0.3, 0.4) is 0 Å². The highest BCUT2D eigenvalue weighted by atomic mass is 19.4. The van der Waals surface area contributed by atoms with Crippen molar-refractivity contribution < 1.29 is 18.3 Å². The van der Waals surface area contributed by atoms with Crippen LogP contribution in [-0.4, -0.2) is 44.2 Å². The average molecular weight is 287 g/mol. The molecule has 1 aliphatic heterocycles. The summed E-state index contributed by atoms with van der Waals surface area (Å²) < 4.78 is 38.5. The molecule has 0 aromatic carbocycles. The Balaban J connectivity index is 2.15. The number of nitrogens with zero attached hydrogens (tertiary/aromatic N) is 4. The first-order valence-electron chi connectivity index (χ1n) is 6.16. The Kier molecular flexibility index (Phi) is 3.00. The fraction of sp³-hybridized carbons (Fsp3) is 0.545. The highest BCUT2D eigenvalue weighted by Gasteiger charge is 2.37. The fourth-order valence-corrected chi connectivity index (χ4v) is 2.46. The molecule has 20 heavy (non-hydrogen) atoms. The maximum Gasteiger partial charge on any atom is 0.451 e.